The zero-order chi connectivity index (χ0) is 6.57. The summed E-state index contributed by atoms with van der Waals surface area (Å²) in [6.07, 6.45) is -1.13. The number of hydrazine groups is 1. The topological polar surface area (TPSA) is 84.6 Å². The van der Waals surface area contributed by atoms with Crippen molar-refractivity contribution < 1.29 is 14.7 Å². The van der Waals surface area contributed by atoms with Crippen molar-refractivity contribution in [2.75, 3.05) is 0 Å². The first-order chi connectivity index (χ1) is 3.68. The minimum atomic E-state index is -1.13. The van der Waals surface area contributed by atoms with Crippen molar-refractivity contribution in [3.63, 3.8) is 0 Å². The number of carbonyl (C=O) groups excluding carboxylic acids is 1. The van der Waals surface area contributed by atoms with E-state index in [0.29, 0.717) is 0 Å². The fourth-order valence-corrected chi connectivity index (χ4v) is 0.143. The summed E-state index contributed by atoms with van der Waals surface area (Å²) < 4.78 is 0. The van der Waals surface area contributed by atoms with Crippen LogP contribution < -0.4 is 11.4 Å². The van der Waals surface area contributed by atoms with Gasteiger partial charge in [0.2, 0.25) is 0 Å². The molecular formula is C3H8N2O3. The van der Waals surface area contributed by atoms with Gasteiger partial charge in [0.25, 0.3) is 0 Å². The molecule has 0 aromatic heterocycles. The van der Waals surface area contributed by atoms with Crippen LogP contribution in [0.4, 0.5) is 0 Å². The molecule has 0 rings (SSSR count). The van der Waals surface area contributed by atoms with Crippen LogP contribution in [0.2, 0.25) is 0 Å². The summed E-state index contributed by atoms with van der Waals surface area (Å²) in [5.41, 5.74) is 1.64. The van der Waals surface area contributed by atoms with Crippen LogP contribution in [0.1, 0.15) is 6.92 Å². The molecule has 0 aromatic carbocycles. The molecule has 1 unspecified atom stereocenters. The molecule has 5 heteroatoms. The van der Waals surface area contributed by atoms with Crippen LogP contribution in [-0.4, -0.2) is 17.2 Å². The molecule has 5 nitrogen and oxygen atoms in total. The number of nitrogens with two attached hydrogens (primary N) is 1. The second kappa shape index (κ2) is 3.36. The highest BCUT2D eigenvalue weighted by Crippen LogP contribution is 1.80. The molecule has 0 aliphatic rings. The summed E-state index contributed by atoms with van der Waals surface area (Å²) in [5, 5.41) is 8.38. The van der Waals surface area contributed by atoms with E-state index in [9.17, 15) is 4.79 Å². The smallest absolute Gasteiger partial charge is 0.354 e. The Kier molecular flexibility index (Phi) is 3.09. The highest BCUT2D eigenvalue weighted by molar-refractivity contribution is 5.73. The third kappa shape index (κ3) is 2.51. The fraction of sp³-hybridized carbons (Fsp3) is 0.667. The molecule has 0 fully saturated rings. The molecule has 0 radical (unpaired) electrons. The second-order valence-electron chi connectivity index (χ2n) is 1.21. The van der Waals surface area contributed by atoms with Crippen molar-refractivity contribution in [1.29, 1.82) is 0 Å². The van der Waals surface area contributed by atoms with E-state index < -0.39 is 12.1 Å². The molecule has 4 N–H and O–H groups in total. The van der Waals surface area contributed by atoms with Gasteiger partial charge in [0, 0.05) is 0 Å². The predicted molar refractivity (Wildman–Crippen MR) is 25.1 cm³/mol. The van der Waals surface area contributed by atoms with Crippen LogP contribution in [0.5, 0.6) is 0 Å². The highest BCUT2D eigenvalue weighted by Gasteiger charge is 2.08. The summed E-state index contributed by atoms with van der Waals surface area (Å²) in [6.45, 7) is 1.28. The Labute approximate surface area is 46.4 Å². The molecule has 0 saturated heterocycles. The molecule has 0 spiro atoms. The molecule has 0 heterocycles. The molecule has 48 valence electrons. The molecule has 0 saturated carbocycles. The van der Waals surface area contributed by atoms with E-state index in [1.54, 1.807) is 5.59 Å². The maximum absolute atomic E-state index is 10.1. The average molecular weight is 120 g/mol. The Morgan fingerprint density at radius 1 is 2.00 bits per heavy atom. The maximum Gasteiger partial charge on any atom is 0.354 e. The number of nitrogens with one attached hydrogen (secondary N) is 1. The SMILES string of the molecule is CC(O)C(=O)ONN. The van der Waals surface area contributed by atoms with Crippen molar-refractivity contribution in [1.82, 2.24) is 5.59 Å². The molecular weight excluding hydrogens is 112 g/mol. The lowest BCUT2D eigenvalue weighted by Crippen LogP contribution is -2.31. The average Bonchev–Trinajstić information content (AvgIpc) is 1.67. The standard InChI is InChI=1S/C3H8N2O3/c1-2(6)3(7)8-5-4/h2,5-6H,4H2,1H3. The van der Waals surface area contributed by atoms with Crippen LogP contribution in [-0.2, 0) is 9.63 Å². The Balaban J connectivity index is 3.33. The van der Waals surface area contributed by atoms with Gasteiger partial charge < -0.3 is 9.94 Å². The van der Waals surface area contributed by atoms with Gasteiger partial charge in [0.1, 0.15) is 0 Å². The van der Waals surface area contributed by atoms with Crippen LogP contribution in [0, 0.1) is 0 Å². The molecule has 0 aliphatic heterocycles. The molecule has 0 amide bonds. The van der Waals surface area contributed by atoms with Gasteiger partial charge in [0.05, 0.1) is 0 Å². The molecule has 0 aromatic rings. The first-order valence-electron chi connectivity index (χ1n) is 2.03. The van der Waals surface area contributed by atoms with Crippen molar-refractivity contribution >= 4 is 5.97 Å². The predicted octanol–water partition coefficient (Wildman–Crippen LogP) is -1.71. The third-order valence-electron chi connectivity index (χ3n) is 0.501. The van der Waals surface area contributed by atoms with E-state index >= 15 is 0 Å². The summed E-state index contributed by atoms with van der Waals surface area (Å²) >= 11 is 0. The largest absolute Gasteiger partial charge is 0.382 e. The van der Waals surface area contributed by atoms with Gasteiger partial charge in [-0.15, -0.1) is 0 Å². The van der Waals surface area contributed by atoms with Crippen molar-refractivity contribution in [3.8, 4) is 0 Å². The minimum Gasteiger partial charge on any atom is -0.382 e. The van der Waals surface area contributed by atoms with Crippen LogP contribution in [0.3, 0.4) is 0 Å². The monoisotopic (exact) mass is 120 g/mol. The normalized spacial score (nSPS) is 12.9. The van der Waals surface area contributed by atoms with Gasteiger partial charge >= 0.3 is 5.97 Å². The summed E-state index contributed by atoms with van der Waals surface area (Å²) in [7, 11) is 0. The van der Waals surface area contributed by atoms with Gasteiger partial charge in [-0.1, -0.05) is 5.59 Å². The Hall–Kier alpha value is -0.650. The van der Waals surface area contributed by atoms with Gasteiger partial charge in [0.15, 0.2) is 6.10 Å². The number of hydrogen-bond acceptors (Lipinski definition) is 5. The van der Waals surface area contributed by atoms with Crippen molar-refractivity contribution in [2.24, 2.45) is 5.84 Å². The quantitative estimate of drug-likeness (QED) is 0.298. The molecule has 0 bridgehead atoms. The fourth-order valence-electron chi connectivity index (χ4n) is 0.143. The molecule has 0 aliphatic carbocycles. The van der Waals surface area contributed by atoms with Crippen LogP contribution in [0.15, 0.2) is 0 Å². The lowest BCUT2D eigenvalue weighted by molar-refractivity contribution is -0.160. The van der Waals surface area contributed by atoms with E-state index in [1.807, 2.05) is 0 Å². The van der Waals surface area contributed by atoms with Gasteiger partial charge in [-0.2, -0.15) is 0 Å². The second-order valence-corrected chi connectivity index (χ2v) is 1.21. The van der Waals surface area contributed by atoms with Crippen molar-refractivity contribution in [3.05, 3.63) is 0 Å². The first kappa shape index (κ1) is 7.35. The highest BCUT2D eigenvalue weighted by atomic mass is 16.7. The first-order valence-corrected chi connectivity index (χ1v) is 2.03. The van der Waals surface area contributed by atoms with E-state index in [4.69, 9.17) is 5.11 Å². The van der Waals surface area contributed by atoms with E-state index in [0.717, 1.165) is 0 Å². The van der Waals surface area contributed by atoms with E-state index in [2.05, 4.69) is 10.7 Å². The maximum atomic E-state index is 10.1. The summed E-state index contributed by atoms with van der Waals surface area (Å²) in [4.78, 5) is 14.1. The Morgan fingerprint density at radius 2 is 2.50 bits per heavy atom. The third-order valence-corrected chi connectivity index (χ3v) is 0.501. The van der Waals surface area contributed by atoms with Crippen LogP contribution >= 0.6 is 0 Å². The Bertz CT molecular complexity index is 82.6. The minimum absolute atomic E-state index is 0.799. The molecule has 8 heavy (non-hydrogen) atoms. The van der Waals surface area contributed by atoms with Gasteiger partial charge in [-0.25, -0.2) is 10.6 Å². The van der Waals surface area contributed by atoms with Crippen molar-refractivity contribution in [2.45, 2.75) is 13.0 Å². The number of hydrogen-bond donors (Lipinski definition) is 3. The van der Waals surface area contributed by atoms with Gasteiger partial charge in [-0.3, -0.25) is 0 Å². The van der Waals surface area contributed by atoms with E-state index in [-0.39, 0.29) is 0 Å². The zero-order valence-electron chi connectivity index (χ0n) is 4.42. The number of carbonyl (C=O) groups is 1. The summed E-state index contributed by atoms with van der Waals surface area (Å²) in [5.74, 6) is 3.76. The lowest BCUT2D eigenvalue weighted by atomic mass is 10.4. The summed E-state index contributed by atoms with van der Waals surface area (Å²) in [6, 6.07) is 0. The number of rotatable bonds is 2. The molecule has 1 atom stereocenters. The lowest BCUT2D eigenvalue weighted by Gasteiger charge is -2.00. The van der Waals surface area contributed by atoms with E-state index in [1.165, 1.54) is 6.92 Å². The van der Waals surface area contributed by atoms with Gasteiger partial charge in [-0.05, 0) is 6.92 Å². The zero-order valence-corrected chi connectivity index (χ0v) is 4.42. The Morgan fingerprint density at radius 3 is 2.62 bits per heavy atom. The number of aliphatic hydroxyl groups is 1. The number of aliphatic hydroxyl groups excluding tert-OH is 1. The van der Waals surface area contributed by atoms with Crippen LogP contribution in [0.25, 0.3) is 0 Å².